The van der Waals surface area contributed by atoms with Gasteiger partial charge in [0.05, 0.1) is 11.5 Å². The average Bonchev–Trinajstić information content (AvgIpc) is 2.39. The number of aryl methyl sites for hydroxylation is 1. The van der Waals surface area contributed by atoms with Crippen molar-refractivity contribution < 1.29 is 14.8 Å². The van der Waals surface area contributed by atoms with Crippen molar-refractivity contribution in [1.82, 2.24) is 0 Å². The maximum absolute atomic E-state index is 11.0. The number of nitro benzene ring substituents is 1. The van der Waals surface area contributed by atoms with Crippen LogP contribution in [-0.2, 0) is 6.61 Å². The normalized spacial score (nSPS) is 10.2. The second kappa shape index (κ2) is 5.49. The average molecular weight is 259 g/mol. The maximum Gasteiger partial charge on any atom is 0.314 e. The van der Waals surface area contributed by atoms with Gasteiger partial charge in [0, 0.05) is 5.56 Å². The molecule has 2 aromatic rings. The van der Waals surface area contributed by atoms with Gasteiger partial charge in [0.2, 0.25) is 5.75 Å². The predicted octanol–water partition coefficient (Wildman–Crippen LogP) is 3.19. The number of hydrogen-bond donors (Lipinski definition) is 1. The highest BCUT2D eigenvalue weighted by atomic mass is 16.6. The number of hydrogen-bond acceptors (Lipinski definition) is 4. The molecule has 0 saturated carbocycles. The highest BCUT2D eigenvalue weighted by molar-refractivity contribution is 5.53. The molecule has 0 bridgehead atoms. The zero-order valence-electron chi connectivity index (χ0n) is 10.4. The summed E-state index contributed by atoms with van der Waals surface area (Å²) < 4.78 is 5.53. The Balaban J connectivity index is 2.32. The van der Waals surface area contributed by atoms with Crippen LogP contribution in [0, 0.1) is 17.0 Å². The fourth-order valence-electron chi connectivity index (χ4n) is 1.74. The third-order valence-corrected chi connectivity index (χ3v) is 2.72. The zero-order valence-corrected chi connectivity index (χ0v) is 10.4. The number of rotatable bonds is 4. The van der Waals surface area contributed by atoms with E-state index >= 15 is 0 Å². The number of benzene rings is 2. The number of aliphatic hydroxyl groups is 1. The molecule has 0 saturated heterocycles. The summed E-state index contributed by atoms with van der Waals surface area (Å²) >= 11 is 0. The summed E-state index contributed by atoms with van der Waals surface area (Å²) in [5, 5.41) is 20.0. The molecule has 0 aliphatic carbocycles. The molecule has 5 heteroatoms. The van der Waals surface area contributed by atoms with E-state index in [2.05, 4.69) is 0 Å². The van der Waals surface area contributed by atoms with Gasteiger partial charge >= 0.3 is 5.69 Å². The molecule has 0 radical (unpaired) electrons. The monoisotopic (exact) mass is 259 g/mol. The van der Waals surface area contributed by atoms with Crippen molar-refractivity contribution in [2.45, 2.75) is 13.5 Å². The first-order valence-corrected chi connectivity index (χ1v) is 5.73. The second-order valence-corrected chi connectivity index (χ2v) is 4.08. The van der Waals surface area contributed by atoms with Crippen molar-refractivity contribution in [2.24, 2.45) is 0 Å². The molecule has 2 rings (SSSR count). The highest BCUT2D eigenvalue weighted by Gasteiger charge is 2.18. The minimum atomic E-state index is -0.452. The number of aliphatic hydroxyl groups excluding tert-OH is 1. The lowest BCUT2D eigenvalue weighted by molar-refractivity contribution is -0.386. The Kier molecular flexibility index (Phi) is 3.77. The lowest BCUT2D eigenvalue weighted by atomic mass is 10.2. The van der Waals surface area contributed by atoms with Crippen LogP contribution >= 0.6 is 0 Å². The molecule has 0 aromatic heterocycles. The summed E-state index contributed by atoms with van der Waals surface area (Å²) in [6.07, 6.45) is 0. The minimum absolute atomic E-state index is 0.0336. The van der Waals surface area contributed by atoms with E-state index < -0.39 is 4.92 Å². The molecular formula is C14H13NO4. The van der Waals surface area contributed by atoms with E-state index in [1.165, 1.54) is 0 Å². The van der Waals surface area contributed by atoms with Crippen LogP contribution < -0.4 is 4.74 Å². The smallest absolute Gasteiger partial charge is 0.314 e. The van der Waals surface area contributed by atoms with E-state index in [4.69, 9.17) is 9.84 Å². The number of ether oxygens (including phenoxy) is 1. The summed E-state index contributed by atoms with van der Waals surface area (Å²) in [5.74, 6) is 0.702. The van der Waals surface area contributed by atoms with Crippen molar-refractivity contribution in [3.8, 4) is 11.5 Å². The lowest BCUT2D eigenvalue weighted by Gasteiger charge is -2.08. The summed E-state index contributed by atoms with van der Waals surface area (Å²) in [6, 6.07) is 11.7. The van der Waals surface area contributed by atoms with Gasteiger partial charge in [-0.15, -0.1) is 0 Å². The number of nitrogens with zero attached hydrogens (tertiary/aromatic N) is 1. The Morgan fingerprint density at radius 1 is 1.21 bits per heavy atom. The minimum Gasteiger partial charge on any atom is -0.450 e. The van der Waals surface area contributed by atoms with Crippen LogP contribution in [0.1, 0.15) is 11.1 Å². The maximum atomic E-state index is 11.0. The van der Waals surface area contributed by atoms with Crippen molar-refractivity contribution in [2.75, 3.05) is 0 Å². The molecule has 1 N–H and O–H groups in total. The summed E-state index contributed by atoms with van der Waals surface area (Å²) in [4.78, 5) is 10.6. The molecule has 19 heavy (non-hydrogen) atoms. The Hall–Kier alpha value is -2.40. The van der Waals surface area contributed by atoms with Crippen LogP contribution in [0.2, 0.25) is 0 Å². The van der Waals surface area contributed by atoms with Crippen molar-refractivity contribution in [3.63, 3.8) is 0 Å². The SMILES string of the molecule is Cc1cccc(Oc2ccc(CO)cc2)c1[N+](=O)[O-]. The quantitative estimate of drug-likeness (QED) is 0.676. The van der Waals surface area contributed by atoms with E-state index in [9.17, 15) is 10.1 Å². The first-order chi connectivity index (χ1) is 9.11. The van der Waals surface area contributed by atoms with Crippen molar-refractivity contribution >= 4 is 5.69 Å². The van der Waals surface area contributed by atoms with Gasteiger partial charge in [0.25, 0.3) is 0 Å². The van der Waals surface area contributed by atoms with E-state index in [1.807, 2.05) is 0 Å². The Bertz CT molecular complexity index is 593. The molecular weight excluding hydrogens is 246 g/mol. The van der Waals surface area contributed by atoms with E-state index in [0.717, 1.165) is 5.56 Å². The lowest BCUT2D eigenvalue weighted by Crippen LogP contribution is -1.96. The molecule has 5 nitrogen and oxygen atoms in total. The molecule has 0 atom stereocenters. The van der Waals surface area contributed by atoms with Crippen LogP contribution in [-0.4, -0.2) is 10.0 Å². The Labute approximate surface area is 110 Å². The fraction of sp³-hybridized carbons (Fsp3) is 0.143. The first kappa shape index (κ1) is 13.0. The summed E-state index contributed by atoms with van der Waals surface area (Å²) in [6.45, 7) is 1.62. The van der Waals surface area contributed by atoms with Gasteiger partial charge in [-0.3, -0.25) is 10.1 Å². The third-order valence-electron chi connectivity index (χ3n) is 2.72. The predicted molar refractivity (Wildman–Crippen MR) is 70.3 cm³/mol. The van der Waals surface area contributed by atoms with Gasteiger partial charge in [-0.05, 0) is 30.7 Å². The molecule has 0 aliphatic rings. The standard InChI is InChI=1S/C14H13NO4/c1-10-3-2-4-13(14(10)15(17)18)19-12-7-5-11(9-16)6-8-12/h2-8,16H,9H2,1H3. The van der Waals surface area contributed by atoms with Crippen molar-refractivity contribution in [1.29, 1.82) is 0 Å². The van der Waals surface area contributed by atoms with Crippen molar-refractivity contribution in [3.05, 3.63) is 63.7 Å². The van der Waals surface area contributed by atoms with E-state index in [0.29, 0.717) is 11.3 Å². The summed E-state index contributed by atoms with van der Waals surface area (Å²) in [7, 11) is 0. The highest BCUT2D eigenvalue weighted by Crippen LogP contribution is 2.33. The Morgan fingerprint density at radius 3 is 2.47 bits per heavy atom. The van der Waals surface area contributed by atoms with Gasteiger partial charge < -0.3 is 9.84 Å². The van der Waals surface area contributed by atoms with Crippen LogP contribution in [0.4, 0.5) is 5.69 Å². The topological polar surface area (TPSA) is 72.6 Å². The third kappa shape index (κ3) is 2.89. The van der Waals surface area contributed by atoms with Crippen LogP contribution in [0.15, 0.2) is 42.5 Å². The van der Waals surface area contributed by atoms with Gasteiger partial charge in [-0.25, -0.2) is 0 Å². The number of nitro groups is 1. The molecule has 2 aromatic carbocycles. The Morgan fingerprint density at radius 2 is 1.89 bits per heavy atom. The van der Waals surface area contributed by atoms with E-state index in [1.54, 1.807) is 49.4 Å². The molecule has 0 spiro atoms. The van der Waals surface area contributed by atoms with Gasteiger partial charge in [-0.2, -0.15) is 0 Å². The fourth-order valence-corrected chi connectivity index (χ4v) is 1.74. The van der Waals surface area contributed by atoms with E-state index in [-0.39, 0.29) is 18.0 Å². The molecule has 0 heterocycles. The summed E-state index contributed by atoms with van der Waals surface area (Å²) in [5.41, 5.74) is 1.27. The molecule has 0 aliphatic heterocycles. The zero-order chi connectivity index (χ0) is 13.8. The van der Waals surface area contributed by atoms with Crippen LogP contribution in [0.3, 0.4) is 0 Å². The first-order valence-electron chi connectivity index (χ1n) is 5.73. The molecule has 0 fully saturated rings. The molecule has 0 unspecified atom stereocenters. The largest absolute Gasteiger partial charge is 0.450 e. The second-order valence-electron chi connectivity index (χ2n) is 4.08. The van der Waals surface area contributed by atoms with Gasteiger partial charge in [0.1, 0.15) is 5.75 Å². The number of para-hydroxylation sites is 1. The van der Waals surface area contributed by atoms with Gasteiger partial charge in [-0.1, -0.05) is 24.3 Å². The van der Waals surface area contributed by atoms with Crippen LogP contribution in [0.5, 0.6) is 11.5 Å². The van der Waals surface area contributed by atoms with Crippen LogP contribution in [0.25, 0.3) is 0 Å². The van der Waals surface area contributed by atoms with Gasteiger partial charge in [0.15, 0.2) is 0 Å². The molecule has 0 amide bonds. The molecule has 98 valence electrons.